The highest BCUT2D eigenvalue weighted by Gasteiger charge is 2.10. The molecule has 0 fully saturated rings. The lowest BCUT2D eigenvalue weighted by atomic mass is 10.1. The van der Waals surface area contributed by atoms with Crippen LogP contribution < -0.4 is 5.56 Å². The Bertz CT molecular complexity index is 551. The number of aromatic amines is 1. The number of rotatable bonds is 2. The second kappa shape index (κ2) is 4.49. The molecule has 0 unspecified atom stereocenters. The molecule has 2 rings (SSSR count). The molecular formula is C12H9ClFNO. The maximum atomic E-state index is 13.2. The number of halogens is 2. The van der Waals surface area contributed by atoms with Crippen LogP contribution in [0.2, 0.25) is 5.02 Å². The number of aromatic nitrogens is 1. The van der Waals surface area contributed by atoms with Gasteiger partial charge in [-0.25, -0.2) is 0 Å². The fourth-order valence-corrected chi connectivity index (χ4v) is 1.67. The van der Waals surface area contributed by atoms with Gasteiger partial charge in [-0.15, -0.1) is 0 Å². The molecule has 2 aromatic rings. The maximum Gasteiger partial charge on any atom is 0.285 e. The zero-order valence-corrected chi connectivity index (χ0v) is 9.09. The maximum absolute atomic E-state index is 13.2. The van der Waals surface area contributed by atoms with Crippen LogP contribution in [0.5, 0.6) is 0 Å². The van der Waals surface area contributed by atoms with Crippen LogP contribution in [-0.2, 0) is 6.42 Å². The minimum Gasteiger partial charge on any atom is -0.326 e. The number of hydrogen-bond donors (Lipinski definition) is 1. The summed E-state index contributed by atoms with van der Waals surface area (Å²) in [6.45, 7) is 0. The molecule has 82 valence electrons. The van der Waals surface area contributed by atoms with Crippen molar-refractivity contribution >= 4 is 11.6 Å². The van der Waals surface area contributed by atoms with Gasteiger partial charge in [0.1, 0.15) is 0 Å². The van der Waals surface area contributed by atoms with Crippen LogP contribution in [0.3, 0.4) is 0 Å². The summed E-state index contributed by atoms with van der Waals surface area (Å²) in [7, 11) is 0. The van der Waals surface area contributed by atoms with Gasteiger partial charge in [0.05, 0.1) is 5.02 Å². The first-order valence-electron chi connectivity index (χ1n) is 4.78. The number of pyridine rings is 1. The summed E-state index contributed by atoms with van der Waals surface area (Å²) in [5, 5.41) is -0.104. The van der Waals surface area contributed by atoms with Crippen molar-refractivity contribution in [2.24, 2.45) is 0 Å². The average Bonchev–Trinajstić information content (AvgIpc) is 2.31. The van der Waals surface area contributed by atoms with E-state index < -0.39 is 11.4 Å². The normalized spacial score (nSPS) is 10.4. The lowest BCUT2D eigenvalue weighted by molar-refractivity contribution is 0.606. The van der Waals surface area contributed by atoms with Gasteiger partial charge >= 0.3 is 0 Å². The molecule has 0 spiro atoms. The van der Waals surface area contributed by atoms with Gasteiger partial charge in [-0.2, -0.15) is 4.39 Å². The molecule has 0 radical (unpaired) electrons. The molecule has 1 N–H and O–H groups in total. The molecule has 0 amide bonds. The zero-order valence-electron chi connectivity index (χ0n) is 8.34. The van der Waals surface area contributed by atoms with E-state index in [2.05, 4.69) is 4.98 Å². The Morgan fingerprint density at radius 2 is 1.94 bits per heavy atom. The van der Waals surface area contributed by atoms with E-state index in [1.165, 1.54) is 6.20 Å². The molecule has 1 aromatic carbocycles. The highest BCUT2D eigenvalue weighted by Crippen LogP contribution is 2.19. The van der Waals surface area contributed by atoms with E-state index in [1.54, 1.807) is 0 Å². The van der Waals surface area contributed by atoms with Crippen LogP contribution in [0.4, 0.5) is 4.39 Å². The minimum atomic E-state index is -0.921. The first-order valence-corrected chi connectivity index (χ1v) is 5.16. The smallest absolute Gasteiger partial charge is 0.285 e. The Balaban J connectivity index is 2.36. The molecule has 1 heterocycles. The lowest BCUT2D eigenvalue weighted by Crippen LogP contribution is -2.12. The molecule has 1 aromatic heterocycles. The molecule has 0 aliphatic carbocycles. The zero-order chi connectivity index (χ0) is 11.5. The van der Waals surface area contributed by atoms with E-state index in [0.717, 1.165) is 5.56 Å². The molecule has 0 bridgehead atoms. The van der Waals surface area contributed by atoms with E-state index in [0.29, 0.717) is 12.0 Å². The second-order valence-electron chi connectivity index (χ2n) is 3.43. The first kappa shape index (κ1) is 10.9. The molecule has 4 heteroatoms. The van der Waals surface area contributed by atoms with Gasteiger partial charge in [0.25, 0.3) is 5.56 Å². The fraction of sp³-hybridized carbons (Fsp3) is 0.0833. The SMILES string of the molecule is O=c1[nH]cc(Cc2ccccc2)c(Cl)c1F. The Hall–Kier alpha value is -1.61. The van der Waals surface area contributed by atoms with Crippen LogP contribution >= 0.6 is 11.6 Å². The Morgan fingerprint density at radius 1 is 1.25 bits per heavy atom. The van der Waals surface area contributed by atoms with Crippen molar-refractivity contribution in [3.05, 3.63) is 68.8 Å². The summed E-state index contributed by atoms with van der Waals surface area (Å²) in [6.07, 6.45) is 1.94. The molecule has 0 aliphatic rings. The quantitative estimate of drug-likeness (QED) is 0.856. The van der Waals surface area contributed by atoms with Crippen molar-refractivity contribution in [1.29, 1.82) is 0 Å². The predicted molar refractivity (Wildman–Crippen MR) is 61.3 cm³/mol. The minimum absolute atomic E-state index is 0.104. The van der Waals surface area contributed by atoms with Gasteiger partial charge in [-0.1, -0.05) is 41.9 Å². The molecular weight excluding hydrogens is 229 g/mol. The summed E-state index contributed by atoms with van der Waals surface area (Å²) < 4.78 is 13.2. The summed E-state index contributed by atoms with van der Waals surface area (Å²) in [6, 6.07) is 9.52. The van der Waals surface area contributed by atoms with E-state index in [4.69, 9.17) is 11.6 Å². The molecule has 0 saturated carbocycles. The standard InChI is InChI=1S/C12H9ClFNO/c13-10-9(7-15-12(16)11(10)14)6-8-4-2-1-3-5-8/h1-5,7H,6H2,(H,15,16). The summed E-state index contributed by atoms with van der Waals surface area (Å²) in [5.41, 5.74) is 0.794. The largest absolute Gasteiger partial charge is 0.326 e. The van der Waals surface area contributed by atoms with Crippen LogP contribution in [0.25, 0.3) is 0 Å². The highest BCUT2D eigenvalue weighted by molar-refractivity contribution is 6.31. The van der Waals surface area contributed by atoms with Crippen molar-refractivity contribution in [3.8, 4) is 0 Å². The summed E-state index contributed by atoms with van der Waals surface area (Å²) in [4.78, 5) is 13.2. The van der Waals surface area contributed by atoms with Gasteiger partial charge in [0.15, 0.2) is 0 Å². The van der Waals surface area contributed by atoms with E-state index >= 15 is 0 Å². The Morgan fingerprint density at radius 3 is 2.62 bits per heavy atom. The second-order valence-corrected chi connectivity index (χ2v) is 3.81. The average molecular weight is 238 g/mol. The van der Waals surface area contributed by atoms with E-state index in [9.17, 15) is 9.18 Å². The molecule has 0 saturated heterocycles. The Labute approximate surface area is 96.7 Å². The van der Waals surface area contributed by atoms with Crippen molar-refractivity contribution in [3.63, 3.8) is 0 Å². The van der Waals surface area contributed by atoms with Crippen molar-refractivity contribution in [2.75, 3.05) is 0 Å². The first-order chi connectivity index (χ1) is 7.68. The van der Waals surface area contributed by atoms with Crippen LogP contribution in [0.1, 0.15) is 11.1 Å². The van der Waals surface area contributed by atoms with E-state index in [-0.39, 0.29) is 5.02 Å². The molecule has 0 atom stereocenters. The van der Waals surface area contributed by atoms with Crippen molar-refractivity contribution < 1.29 is 4.39 Å². The third kappa shape index (κ3) is 2.14. The summed E-state index contributed by atoms with van der Waals surface area (Å²) in [5.74, 6) is -0.921. The summed E-state index contributed by atoms with van der Waals surface area (Å²) >= 11 is 5.75. The Kier molecular flexibility index (Phi) is 3.06. The van der Waals surface area contributed by atoms with Crippen LogP contribution in [-0.4, -0.2) is 4.98 Å². The number of nitrogens with one attached hydrogen (secondary N) is 1. The third-order valence-electron chi connectivity index (χ3n) is 2.29. The van der Waals surface area contributed by atoms with Crippen LogP contribution in [0, 0.1) is 5.82 Å². The van der Waals surface area contributed by atoms with Gasteiger partial charge in [-0.3, -0.25) is 4.79 Å². The van der Waals surface area contributed by atoms with Gasteiger partial charge in [-0.05, 0) is 11.1 Å². The number of benzene rings is 1. The van der Waals surface area contributed by atoms with Gasteiger partial charge in [0.2, 0.25) is 5.82 Å². The van der Waals surface area contributed by atoms with E-state index in [1.807, 2.05) is 30.3 Å². The van der Waals surface area contributed by atoms with Gasteiger partial charge in [0, 0.05) is 12.6 Å². The lowest BCUT2D eigenvalue weighted by Gasteiger charge is -2.04. The highest BCUT2D eigenvalue weighted by atomic mass is 35.5. The number of H-pyrrole nitrogens is 1. The van der Waals surface area contributed by atoms with Crippen molar-refractivity contribution in [2.45, 2.75) is 6.42 Å². The number of hydrogen-bond acceptors (Lipinski definition) is 1. The van der Waals surface area contributed by atoms with Crippen LogP contribution in [0.15, 0.2) is 41.3 Å². The molecule has 2 nitrogen and oxygen atoms in total. The molecule has 16 heavy (non-hydrogen) atoms. The third-order valence-corrected chi connectivity index (χ3v) is 2.70. The monoisotopic (exact) mass is 237 g/mol. The molecule has 0 aliphatic heterocycles. The topological polar surface area (TPSA) is 32.9 Å². The van der Waals surface area contributed by atoms with Gasteiger partial charge < -0.3 is 4.98 Å². The fourth-order valence-electron chi connectivity index (χ4n) is 1.46. The van der Waals surface area contributed by atoms with Crippen molar-refractivity contribution in [1.82, 2.24) is 4.98 Å². The predicted octanol–water partition coefficient (Wildman–Crippen LogP) is 2.76.